The maximum atomic E-state index is 12.4. The molecule has 6 nitrogen and oxygen atoms in total. The number of carbonyl (C=O) groups excluding carboxylic acids is 1. The number of halogens is 1. The number of thiophene rings is 1. The molecule has 2 aromatic rings. The van der Waals surface area contributed by atoms with Gasteiger partial charge in [0, 0.05) is 24.4 Å². The number of hydrogen-bond donors (Lipinski definition) is 1. The van der Waals surface area contributed by atoms with Gasteiger partial charge in [0.05, 0.1) is 20.1 Å². The molecule has 0 spiro atoms. The molecule has 0 saturated carbocycles. The van der Waals surface area contributed by atoms with Gasteiger partial charge in [-0.15, -0.1) is 22.7 Å². The van der Waals surface area contributed by atoms with E-state index in [2.05, 4.69) is 26.2 Å². The third-order valence-corrected chi connectivity index (χ3v) is 8.43. The first-order valence-corrected chi connectivity index (χ1v) is 12.0. The highest BCUT2D eigenvalue weighted by Crippen LogP contribution is 2.33. The van der Waals surface area contributed by atoms with Gasteiger partial charge in [-0.2, -0.15) is 0 Å². The highest BCUT2D eigenvalue weighted by atomic mass is 79.9. The van der Waals surface area contributed by atoms with Crippen LogP contribution >= 0.6 is 38.6 Å². The average Bonchev–Trinajstić information content (AvgIpc) is 3.24. The number of carbonyl (C=O) groups is 1. The highest BCUT2D eigenvalue weighted by Gasteiger charge is 2.30. The molecule has 2 aromatic heterocycles. The van der Waals surface area contributed by atoms with Crippen LogP contribution in [0.2, 0.25) is 0 Å². The van der Waals surface area contributed by atoms with E-state index in [1.807, 2.05) is 17.5 Å². The summed E-state index contributed by atoms with van der Waals surface area (Å²) in [6.45, 7) is 2.45. The van der Waals surface area contributed by atoms with Crippen LogP contribution in [0.15, 0.2) is 21.3 Å². The number of piperidine rings is 1. The number of thiazole rings is 1. The third kappa shape index (κ3) is 4.48. The predicted octanol–water partition coefficient (Wildman–Crippen LogP) is 3.63. The maximum Gasteiger partial charge on any atom is 0.229 e. The third-order valence-electron chi connectivity index (χ3n) is 4.14. The molecule has 0 unspecified atom stereocenters. The van der Waals surface area contributed by atoms with Gasteiger partial charge in [-0.3, -0.25) is 4.79 Å². The molecule has 0 radical (unpaired) electrons. The molecule has 0 aliphatic carbocycles. The van der Waals surface area contributed by atoms with E-state index in [0.717, 1.165) is 14.4 Å². The Morgan fingerprint density at radius 3 is 2.72 bits per heavy atom. The van der Waals surface area contributed by atoms with Crippen LogP contribution in [0.3, 0.4) is 0 Å². The molecule has 3 rings (SSSR count). The van der Waals surface area contributed by atoms with E-state index in [9.17, 15) is 13.2 Å². The summed E-state index contributed by atoms with van der Waals surface area (Å²) in [4.78, 5) is 17.9. The van der Waals surface area contributed by atoms with E-state index in [-0.39, 0.29) is 17.6 Å². The normalized spacial score (nSPS) is 16.9. The van der Waals surface area contributed by atoms with Crippen LogP contribution in [0.1, 0.15) is 19.8 Å². The van der Waals surface area contributed by atoms with Gasteiger partial charge in [0.1, 0.15) is 0 Å². The first kappa shape index (κ1) is 19.0. The van der Waals surface area contributed by atoms with Gasteiger partial charge in [-0.25, -0.2) is 17.7 Å². The predicted molar refractivity (Wildman–Crippen MR) is 106 cm³/mol. The average molecular weight is 464 g/mol. The Morgan fingerprint density at radius 2 is 2.12 bits per heavy atom. The number of sulfonamides is 1. The molecule has 0 bridgehead atoms. The topological polar surface area (TPSA) is 79.4 Å². The smallest absolute Gasteiger partial charge is 0.229 e. The summed E-state index contributed by atoms with van der Waals surface area (Å²) >= 11 is 6.42. The summed E-state index contributed by atoms with van der Waals surface area (Å²) in [7, 11) is -3.17. The van der Waals surface area contributed by atoms with Crippen LogP contribution < -0.4 is 5.32 Å². The van der Waals surface area contributed by atoms with Crippen molar-refractivity contribution < 1.29 is 13.2 Å². The highest BCUT2D eigenvalue weighted by molar-refractivity contribution is 9.11. The molecular weight excluding hydrogens is 446 g/mol. The van der Waals surface area contributed by atoms with Crippen molar-refractivity contribution in [2.75, 3.05) is 24.2 Å². The second-order valence-electron chi connectivity index (χ2n) is 5.70. The van der Waals surface area contributed by atoms with Crippen LogP contribution in [0.25, 0.3) is 10.6 Å². The zero-order valence-corrected chi connectivity index (χ0v) is 17.6. The van der Waals surface area contributed by atoms with Gasteiger partial charge in [-0.05, 0) is 47.8 Å². The van der Waals surface area contributed by atoms with Crippen LogP contribution in [0, 0.1) is 5.92 Å². The minimum atomic E-state index is -3.17. The van der Waals surface area contributed by atoms with E-state index in [0.29, 0.717) is 31.1 Å². The van der Waals surface area contributed by atoms with Crippen molar-refractivity contribution in [3.63, 3.8) is 0 Å². The molecule has 1 N–H and O–H groups in total. The van der Waals surface area contributed by atoms with Gasteiger partial charge in [0.15, 0.2) is 5.13 Å². The van der Waals surface area contributed by atoms with Crippen LogP contribution in [-0.2, 0) is 14.8 Å². The van der Waals surface area contributed by atoms with Crippen molar-refractivity contribution in [2.45, 2.75) is 19.8 Å². The van der Waals surface area contributed by atoms with E-state index in [1.54, 1.807) is 18.3 Å². The molecule has 1 amide bonds. The van der Waals surface area contributed by atoms with Gasteiger partial charge in [0.25, 0.3) is 0 Å². The van der Waals surface area contributed by atoms with Gasteiger partial charge >= 0.3 is 0 Å². The molecule has 1 saturated heterocycles. The second-order valence-corrected chi connectivity index (χ2v) is 11.3. The molecule has 3 heterocycles. The number of anilines is 1. The van der Waals surface area contributed by atoms with Crippen molar-refractivity contribution in [2.24, 2.45) is 5.92 Å². The molecule has 0 atom stereocenters. The first-order chi connectivity index (χ1) is 11.9. The van der Waals surface area contributed by atoms with Crippen LogP contribution in [0.5, 0.6) is 0 Å². The van der Waals surface area contributed by atoms with Crippen molar-refractivity contribution >= 4 is 59.7 Å². The number of aromatic nitrogens is 1. The Labute approximate surface area is 163 Å². The fourth-order valence-corrected chi connectivity index (χ4v) is 5.95. The fraction of sp³-hybridized carbons (Fsp3) is 0.467. The lowest BCUT2D eigenvalue weighted by molar-refractivity contribution is -0.120. The maximum absolute atomic E-state index is 12.4. The lowest BCUT2D eigenvalue weighted by Crippen LogP contribution is -2.42. The molecule has 25 heavy (non-hydrogen) atoms. The van der Waals surface area contributed by atoms with Crippen molar-refractivity contribution in [1.29, 1.82) is 0 Å². The fourth-order valence-electron chi connectivity index (χ4n) is 2.68. The number of nitrogens with zero attached hydrogens (tertiary/aromatic N) is 2. The van der Waals surface area contributed by atoms with Crippen molar-refractivity contribution in [3.05, 3.63) is 21.3 Å². The molecule has 1 aliphatic heterocycles. The summed E-state index contributed by atoms with van der Waals surface area (Å²) in [6.07, 6.45) is 1.09. The van der Waals surface area contributed by atoms with Gasteiger partial charge in [-0.1, -0.05) is 0 Å². The Morgan fingerprint density at radius 1 is 1.40 bits per heavy atom. The quantitative estimate of drug-likeness (QED) is 0.733. The van der Waals surface area contributed by atoms with E-state index >= 15 is 0 Å². The zero-order valence-electron chi connectivity index (χ0n) is 13.6. The lowest BCUT2D eigenvalue weighted by Gasteiger charge is -2.30. The van der Waals surface area contributed by atoms with Crippen molar-refractivity contribution in [3.8, 4) is 10.6 Å². The number of amides is 1. The number of nitrogens with one attached hydrogen (secondary N) is 1. The Bertz CT molecular complexity index is 854. The molecular formula is C15H18BrN3O3S3. The Balaban J connectivity index is 1.58. The largest absolute Gasteiger partial charge is 0.302 e. The first-order valence-electron chi connectivity index (χ1n) is 7.89. The van der Waals surface area contributed by atoms with Crippen LogP contribution in [-0.4, -0.2) is 42.5 Å². The molecule has 1 fully saturated rings. The lowest BCUT2D eigenvalue weighted by atomic mass is 9.97. The summed E-state index contributed by atoms with van der Waals surface area (Å²) in [5.74, 6) is -0.154. The minimum Gasteiger partial charge on any atom is -0.302 e. The van der Waals surface area contributed by atoms with Gasteiger partial charge in [0.2, 0.25) is 15.9 Å². The molecule has 1 aliphatic rings. The number of rotatable bonds is 5. The summed E-state index contributed by atoms with van der Waals surface area (Å²) < 4.78 is 26.3. The van der Waals surface area contributed by atoms with E-state index in [4.69, 9.17) is 0 Å². The molecule has 136 valence electrons. The standard InChI is InChI=1S/C15H18BrN3O3S3/c1-2-25(21,22)19-7-5-10(6-8-19)14(20)18-15-17-11(9-23-15)12-3-4-13(16)24-12/h3-4,9-10H,2,5-8H2,1H3,(H,17,18,20). The van der Waals surface area contributed by atoms with E-state index < -0.39 is 10.0 Å². The Kier molecular flexibility index (Phi) is 5.94. The molecule has 10 heteroatoms. The number of hydrogen-bond acceptors (Lipinski definition) is 6. The summed E-state index contributed by atoms with van der Waals surface area (Å²) in [5.41, 5.74) is 0.847. The monoisotopic (exact) mass is 463 g/mol. The minimum absolute atomic E-state index is 0.0817. The summed E-state index contributed by atoms with van der Waals surface area (Å²) in [6, 6.07) is 3.95. The Hall–Kier alpha value is -0.810. The van der Waals surface area contributed by atoms with Gasteiger partial charge < -0.3 is 5.32 Å². The van der Waals surface area contributed by atoms with E-state index in [1.165, 1.54) is 15.6 Å². The summed E-state index contributed by atoms with van der Waals surface area (Å²) in [5, 5.41) is 5.37. The van der Waals surface area contributed by atoms with Crippen LogP contribution in [0.4, 0.5) is 5.13 Å². The zero-order chi connectivity index (χ0) is 18.0. The second kappa shape index (κ2) is 7.83. The van der Waals surface area contributed by atoms with Crippen molar-refractivity contribution in [1.82, 2.24) is 9.29 Å². The molecule has 0 aromatic carbocycles. The SMILES string of the molecule is CCS(=O)(=O)N1CCC(C(=O)Nc2nc(-c3ccc(Br)s3)cs2)CC1.